The van der Waals surface area contributed by atoms with Crippen LogP contribution in [0, 0.1) is 25.5 Å². The minimum Gasteiger partial charge on any atom is -0.384 e. The van der Waals surface area contributed by atoms with E-state index in [1.54, 1.807) is 6.92 Å². The Morgan fingerprint density at radius 3 is 2.62 bits per heavy atom. The molecule has 1 atom stereocenters. The Morgan fingerprint density at radius 2 is 2.05 bits per heavy atom. The zero-order valence-electron chi connectivity index (χ0n) is 12.2. The molecule has 2 N–H and O–H groups in total. The van der Waals surface area contributed by atoms with Crippen molar-refractivity contribution in [2.24, 2.45) is 0 Å². The molecule has 114 valence electrons. The summed E-state index contributed by atoms with van der Waals surface area (Å²) in [6.45, 7) is 5.66. The first-order valence-electron chi connectivity index (χ1n) is 6.61. The monoisotopic (exact) mass is 296 g/mol. The van der Waals surface area contributed by atoms with E-state index in [9.17, 15) is 13.9 Å². The third kappa shape index (κ3) is 3.46. The van der Waals surface area contributed by atoms with Gasteiger partial charge in [-0.05, 0) is 26.8 Å². The second kappa shape index (κ2) is 5.91. The number of hydrogen-bond donors (Lipinski definition) is 2. The first-order chi connectivity index (χ1) is 9.81. The molecule has 1 unspecified atom stereocenters. The van der Waals surface area contributed by atoms with Gasteiger partial charge in [-0.1, -0.05) is 11.2 Å². The Labute approximate surface area is 121 Å². The number of benzene rings is 1. The number of hydrogen-bond acceptors (Lipinski definition) is 4. The topological polar surface area (TPSA) is 58.3 Å². The fourth-order valence-corrected chi connectivity index (χ4v) is 2.21. The minimum absolute atomic E-state index is 0.0511. The van der Waals surface area contributed by atoms with Gasteiger partial charge in [0.25, 0.3) is 0 Å². The Morgan fingerprint density at radius 1 is 1.33 bits per heavy atom. The van der Waals surface area contributed by atoms with Crippen LogP contribution in [-0.4, -0.2) is 16.8 Å². The minimum atomic E-state index is -1.45. The molecule has 21 heavy (non-hydrogen) atoms. The second-order valence-corrected chi connectivity index (χ2v) is 5.30. The Kier molecular flexibility index (Phi) is 4.39. The van der Waals surface area contributed by atoms with Gasteiger partial charge in [0.1, 0.15) is 23.0 Å². The second-order valence-electron chi connectivity index (χ2n) is 5.30. The normalized spacial score (nSPS) is 14.2. The molecular formula is C15H18F2N2O2. The van der Waals surface area contributed by atoms with Crippen molar-refractivity contribution in [1.82, 2.24) is 10.5 Å². The van der Waals surface area contributed by atoms with Gasteiger partial charge in [0.2, 0.25) is 0 Å². The summed E-state index contributed by atoms with van der Waals surface area (Å²) in [5.74, 6) is -0.734. The predicted octanol–water partition coefficient (Wildman–Crippen LogP) is 2.57. The summed E-state index contributed by atoms with van der Waals surface area (Å²) in [5, 5.41) is 17.2. The van der Waals surface area contributed by atoms with Crippen molar-refractivity contribution in [3.8, 4) is 0 Å². The van der Waals surface area contributed by atoms with Gasteiger partial charge in [0, 0.05) is 30.3 Å². The average molecular weight is 296 g/mol. The molecule has 1 aromatic heterocycles. The summed E-state index contributed by atoms with van der Waals surface area (Å²) in [5.41, 5.74) is 0.282. The molecule has 0 aliphatic carbocycles. The molecule has 0 spiro atoms. The van der Waals surface area contributed by atoms with E-state index in [1.165, 1.54) is 13.0 Å². The van der Waals surface area contributed by atoms with Crippen molar-refractivity contribution in [2.75, 3.05) is 6.54 Å². The lowest BCUT2D eigenvalue weighted by atomic mass is 9.95. The third-order valence-corrected chi connectivity index (χ3v) is 3.46. The summed E-state index contributed by atoms with van der Waals surface area (Å²) in [4.78, 5) is 0. The van der Waals surface area contributed by atoms with E-state index in [0.717, 1.165) is 23.4 Å². The van der Waals surface area contributed by atoms with Crippen molar-refractivity contribution in [1.29, 1.82) is 0 Å². The Hall–Kier alpha value is -1.79. The molecule has 0 radical (unpaired) electrons. The number of halogens is 2. The van der Waals surface area contributed by atoms with E-state index in [1.807, 2.05) is 6.92 Å². The number of aliphatic hydroxyl groups is 1. The zero-order chi connectivity index (χ0) is 15.6. The van der Waals surface area contributed by atoms with Gasteiger partial charge in [0.15, 0.2) is 0 Å². The van der Waals surface area contributed by atoms with E-state index in [4.69, 9.17) is 4.52 Å². The maximum Gasteiger partial charge on any atom is 0.138 e. The SMILES string of the molecule is Cc1noc(C)c1CNCC(C)(O)c1ccc(F)cc1F. The largest absolute Gasteiger partial charge is 0.384 e. The fourth-order valence-electron chi connectivity index (χ4n) is 2.21. The van der Waals surface area contributed by atoms with Gasteiger partial charge in [-0.25, -0.2) is 8.78 Å². The maximum atomic E-state index is 13.7. The van der Waals surface area contributed by atoms with Crippen molar-refractivity contribution in [3.05, 3.63) is 52.4 Å². The molecule has 0 bridgehead atoms. The molecule has 0 aliphatic heterocycles. The average Bonchev–Trinajstić information content (AvgIpc) is 2.69. The van der Waals surface area contributed by atoms with Crippen LogP contribution in [0.4, 0.5) is 8.78 Å². The summed E-state index contributed by atoms with van der Waals surface area (Å²) in [7, 11) is 0. The summed E-state index contributed by atoms with van der Waals surface area (Å²) >= 11 is 0. The Bertz CT molecular complexity index is 619. The highest BCUT2D eigenvalue weighted by molar-refractivity contribution is 5.25. The molecule has 2 aromatic rings. The predicted molar refractivity (Wildman–Crippen MR) is 73.6 cm³/mol. The number of nitrogens with zero attached hydrogens (tertiary/aromatic N) is 1. The van der Waals surface area contributed by atoms with Crippen LogP contribution in [0.1, 0.15) is 29.5 Å². The van der Waals surface area contributed by atoms with E-state index in [2.05, 4.69) is 10.5 Å². The van der Waals surface area contributed by atoms with Crippen LogP contribution >= 0.6 is 0 Å². The molecule has 0 saturated heterocycles. The first kappa shape index (κ1) is 15.6. The number of aromatic nitrogens is 1. The first-order valence-corrected chi connectivity index (χ1v) is 6.61. The van der Waals surface area contributed by atoms with Crippen LogP contribution in [0.2, 0.25) is 0 Å². The third-order valence-electron chi connectivity index (χ3n) is 3.46. The standard InChI is InChI=1S/C15H18F2N2O2/c1-9-12(10(2)21-19-9)7-18-8-15(3,20)13-5-4-11(16)6-14(13)17/h4-6,18,20H,7-8H2,1-3H3. The lowest BCUT2D eigenvalue weighted by Gasteiger charge is -2.25. The highest BCUT2D eigenvalue weighted by Crippen LogP contribution is 2.23. The molecule has 6 heteroatoms. The molecular weight excluding hydrogens is 278 g/mol. The summed E-state index contributed by atoms with van der Waals surface area (Å²) in [6, 6.07) is 3.14. The van der Waals surface area contributed by atoms with Crippen LogP contribution in [-0.2, 0) is 12.1 Å². The maximum absolute atomic E-state index is 13.7. The van der Waals surface area contributed by atoms with Crippen LogP contribution in [0.3, 0.4) is 0 Å². The molecule has 0 amide bonds. The van der Waals surface area contributed by atoms with Crippen molar-refractivity contribution in [3.63, 3.8) is 0 Å². The van der Waals surface area contributed by atoms with Crippen LogP contribution in [0.25, 0.3) is 0 Å². The molecule has 0 saturated carbocycles. The van der Waals surface area contributed by atoms with E-state index < -0.39 is 17.2 Å². The molecule has 0 fully saturated rings. The fraction of sp³-hybridized carbons (Fsp3) is 0.400. The van der Waals surface area contributed by atoms with Crippen LogP contribution in [0.5, 0.6) is 0 Å². The zero-order valence-corrected chi connectivity index (χ0v) is 12.2. The lowest BCUT2D eigenvalue weighted by Crippen LogP contribution is -2.36. The molecule has 2 rings (SSSR count). The number of nitrogens with one attached hydrogen (secondary N) is 1. The van der Waals surface area contributed by atoms with Gasteiger partial charge < -0.3 is 14.9 Å². The Balaban J connectivity index is 2.04. The van der Waals surface area contributed by atoms with Gasteiger partial charge in [-0.2, -0.15) is 0 Å². The highest BCUT2D eigenvalue weighted by atomic mass is 19.1. The van der Waals surface area contributed by atoms with E-state index >= 15 is 0 Å². The molecule has 1 aromatic carbocycles. The smallest absolute Gasteiger partial charge is 0.138 e. The van der Waals surface area contributed by atoms with E-state index in [-0.39, 0.29) is 12.1 Å². The van der Waals surface area contributed by atoms with Gasteiger partial charge in [-0.15, -0.1) is 0 Å². The van der Waals surface area contributed by atoms with Crippen molar-refractivity contribution in [2.45, 2.75) is 32.9 Å². The quantitative estimate of drug-likeness (QED) is 0.890. The van der Waals surface area contributed by atoms with E-state index in [0.29, 0.717) is 12.3 Å². The molecule has 1 heterocycles. The lowest BCUT2D eigenvalue weighted by molar-refractivity contribution is 0.0528. The highest BCUT2D eigenvalue weighted by Gasteiger charge is 2.26. The van der Waals surface area contributed by atoms with Crippen molar-refractivity contribution >= 4 is 0 Å². The van der Waals surface area contributed by atoms with Crippen molar-refractivity contribution < 1.29 is 18.4 Å². The van der Waals surface area contributed by atoms with Gasteiger partial charge in [-0.3, -0.25) is 0 Å². The number of aryl methyl sites for hydroxylation is 2. The van der Waals surface area contributed by atoms with Crippen LogP contribution < -0.4 is 5.32 Å². The number of rotatable bonds is 5. The molecule has 0 aliphatic rings. The van der Waals surface area contributed by atoms with Gasteiger partial charge >= 0.3 is 0 Å². The molecule has 4 nitrogen and oxygen atoms in total. The summed E-state index contributed by atoms with van der Waals surface area (Å²) < 4.78 is 31.7. The van der Waals surface area contributed by atoms with Crippen LogP contribution in [0.15, 0.2) is 22.7 Å². The van der Waals surface area contributed by atoms with Gasteiger partial charge in [0.05, 0.1) is 5.69 Å². The summed E-state index contributed by atoms with van der Waals surface area (Å²) in [6.07, 6.45) is 0.